The molecule has 2 aromatic heterocycles. The van der Waals surface area contributed by atoms with E-state index in [2.05, 4.69) is 16.9 Å². The van der Waals surface area contributed by atoms with Crippen LogP contribution in [0.3, 0.4) is 0 Å². The van der Waals surface area contributed by atoms with Gasteiger partial charge in [-0.05, 0) is 31.4 Å². The number of rotatable bonds is 6. The number of nitrogens with zero attached hydrogens (tertiary/aromatic N) is 3. The van der Waals surface area contributed by atoms with E-state index < -0.39 is 0 Å². The lowest BCUT2D eigenvalue weighted by Crippen LogP contribution is -2.07. The molecule has 2 aromatic rings. The van der Waals surface area contributed by atoms with Crippen LogP contribution in [-0.2, 0) is 11.3 Å². The van der Waals surface area contributed by atoms with E-state index in [0.29, 0.717) is 5.95 Å². The van der Waals surface area contributed by atoms with Crippen LogP contribution in [0.2, 0.25) is 0 Å². The zero-order valence-corrected chi connectivity index (χ0v) is 11.0. The van der Waals surface area contributed by atoms with Crippen molar-refractivity contribution < 1.29 is 4.74 Å². The van der Waals surface area contributed by atoms with E-state index >= 15 is 0 Å². The van der Waals surface area contributed by atoms with Crippen molar-refractivity contribution in [2.24, 2.45) is 0 Å². The van der Waals surface area contributed by atoms with E-state index in [0.717, 1.165) is 49.3 Å². The lowest BCUT2D eigenvalue weighted by Gasteiger charge is -2.06. The molecule has 0 fully saturated rings. The maximum Gasteiger partial charge on any atom is 0.202 e. The number of hydrogen-bond donors (Lipinski definition) is 1. The molecule has 0 bridgehead atoms. The number of anilines is 1. The molecule has 0 aromatic carbocycles. The standard InChI is InChI=1S/C13H20N4O/c1-3-8-18-9-4-7-17-12-11(16-13(17)14)10(2)5-6-15-12/h5-6H,3-4,7-9H2,1-2H3,(H2,14,16). The van der Waals surface area contributed by atoms with Crippen LogP contribution < -0.4 is 5.73 Å². The Labute approximate surface area is 107 Å². The van der Waals surface area contributed by atoms with Crippen LogP contribution >= 0.6 is 0 Å². The summed E-state index contributed by atoms with van der Waals surface area (Å²) < 4.78 is 7.42. The van der Waals surface area contributed by atoms with Crippen LogP contribution in [0.4, 0.5) is 5.95 Å². The second kappa shape index (κ2) is 5.82. The van der Waals surface area contributed by atoms with Gasteiger partial charge in [-0.1, -0.05) is 6.92 Å². The van der Waals surface area contributed by atoms with Crippen LogP contribution in [0.15, 0.2) is 12.3 Å². The Kier molecular flexibility index (Phi) is 4.15. The topological polar surface area (TPSA) is 66.0 Å². The minimum Gasteiger partial charge on any atom is -0.381 e. The zero-order chi connectivity index (χ0) is 13.0. The van der Waals surface area contributed by atoms with Crippen LogP contribution in [0.5, 0.6) is 0 Å². The van der Waals surface area contributed by atoms with Crippen LogP contribution in [-0.4, -0.2) is 27.7 Å². The van der Waals surface area contributed by atoms with Crippen molar-refractivity contribution in [1.82, 2.24) is 14.5 Å². The number of aromatic nitrogens is 3. The van der Waals surface area contributed by atoms with Gasteiger partial charge >= 0.3 is 0 Å². The maximum atomic E-state index is 5.93. The smallest absolute Gasteiger partial charge is 0.202 e. The molecule has 0 radical (unpaired) electrons. The lowest BCUT2D eigenvalue weighted by molar-refractivity contribution is 0.129. The Balaban J connectivity index is 2.08. The van der Waals surface area contributed by atoms with Crippen molar-refractivity contribution in [2.75, 3.05) is 18.9 Å². The third-order valence-electron chi connectivity index (χ3n) is 2.88. The average Bonchev–Trinajstić information content (AvgIpc) is 2.68. The molecule has 0 saturated carbocycles. The number of ether oxygens (including phenoxy) is 1. The maximum absolute atomic E-state index is 5.93. The highest BCUT2D eigenvalue weighted by Crippen LogP contribution is 2.18. The second-order valence-electron chi connectivity index (χ2n) is 4.39. The van der Waals surface area contributed by atoms with Gasteiger partial charge in [0, 0.05) is 26.0 Å². The van der Waals surface area contributed by atoms with Crippen molar-refractivity contribution >= 4 is 17.1 Å². The van der Waals surface area contributed by atoms with E-state index in [1.807, 2.05) is 17.6 Å². The summed E-state index contributed by atoms with van der Waals surface area (Å²) >= 11 is 0. The average molecular weight is 248 g/mol. The van der Waals surface area contributed by atoms with Gasteiger partial charge in [-0.15, -0.1) is 0 Å². The highest BCUT2D eigenvalue weighted by molar-refractivity contribution is 5.77. The Bertz CT molecular complexity index is 521. The number of nitrogen functional groups attached to an aromatic ring is 1. The molecule has 0 atom stereocenters. The van der Waals surface area contributed by atoms with Crippen LogP contribution in [0.1, 0.15) is 25.3 Å². The van der Waals surface area contributed by atoms with Crippen LogP contribution in [0, 0.1) is 6.92 Å². The number of pyridine rings is 1. The molecule has 2 heterocycles. The molecule has 18 heavy (non-hydrogen) atoms. The Morgan fingerprint density at radius 3 is 3.00 bits per heavy atom. The normalized spacial score (nSPS) is 11.2. The summed E-state index contributed by atoms with van der Waals surface area (Å²) in [4.78, 5) is 8.72. The van der Waals surface area contributed by atoms with Gasteiger partial charge in [0.1, 0.15) is 5.52 Å². The minimum absolute atomic E-state index is 0.530. The van der Waals surface area contributed by atoms with Gasteiger partial charge < -0.3 is 10.5 Å². The number of aryl methyl sites for hydroxylation is 2. The fourth-order valence-electron chi connectivity index (χ4n) is 1.95. The molecule has 0 aliphatic carbocycles. The molecule has 5 heteroatoms. The molecule has 2 N–H and O–H groups in total. The number of imidazole rings is 1. The Hall–Kier alpha value is -1.62. The van der Waals surface area contributed by atoms with E-state index in [4.69, 9.17) is 10.5 Å². The quantitative estimate of drug-likeness (QED) is 0.795. The molecule has 0 unspecified atom stereocenters. The van der Waals surface area contributed by atoms with Crippen molar-refractivity contribution in [2.45, 2.75) is 33.2 Å². The first-order chi connectivity index (χ1) is 8.74. The van der Waals surface area contributed by atoms with Gasteiger partial charge in [-0.2, -0.15) is 0 Å². The molecule has 0 aliphatic rings. The lowest BCUT2D eigenvalue weighted by atomic mass is 10.3. The molecular formula is C13H20N4O. The third kappa shape index (κ3) is 2.61. The number of fused-ring (bicyclic) bond motifs is 1. The first-order valence-corrected chi connectivity index (χ1v) is 6.39. The molecule has 98 valence electrons. The molecule has 0 amide bonds. The zero-order valence-electron chi connectivity index (χ0n) is 11.0. The highest BCUT2D eigenvalue weighted by atomic mass is 16.5. The molecule has 0 spiro atoms. The van der Waals surface area contributed by atoms with Crippen LogP contribution in [0.25, 0.3) is 11.2 Å². The van der Waals surface area contributed by atoms with Gasteiger partial charge in [0.25, 0.3) is 0 Å². The highest BCUT2D eigenvalue weighted by Gasteiger charge is 2.10. The van der Waals surface area contributed by atoms with Gasteiger partial charge in [-0.25, -0.2) is 9.97 Å². The molecule has 2 rings (SSSR count). The minimum atomic E-state index is 0.530. The summed E-state index contributed by atoms with van der Waals surface area (Å²) in [6.45, 7) is 6.48. The van der Waals surface area contributed by atoms with Gasteiger partial charge in [0.05, 0.1) is 0 Å². The third-order valence-corrected chi connectivity index (χ3v) is 2.88. The summed E-state index contributed by atoms with van der Waals surface area (Å²) in [6.07, 6.45) is 3.77. The summed E-state index contributed by atoms with van der Waals surface area (Å²) in [7, 11) is 0. The summed E-state index contributed by atoms with van der Waals surface area (Å²) in [5, 5.41) is 0. The van der Waals surface area contributed by atoms with E-state index in [9.17, 15) is 0 Å². The number of nitrogens with two attached hydrogens (primary N) is 1. The fourth-order valence-corrected chi connectivity index (χ4v) is 1.95. The van der Waals surface area contributed by atoms with E-state index in [1.54, 1.807) is 6.20 Å². The molecule has 5 nitrogen and oxygen atoms in total. The SMILES string of the molecule is CCCOCCCn1c(N)nc2c(C)ccnc21. The first kappa shape index (κ1) is 12.8. The predicted octanol–water partition coefficient (Wildman–Crippen LogP) is 2.14. The fraction of sp³-hybridized carbons (Fsp3) is 0.538. The summed E-state index contributed by atoms with van der Waals surface area (Å²) in [5.74, 6) is 0.530. The van der Waals surface area contributed by atoms with Crippen molar-refractivity contribution in [1.29, 1.82) is 0 Å². The predicted molar refractivity (Wildman–Crippen MR) is 72.4 cm³/mol. The Morgan fingerprint density at radius 1 is 1.39 bits per heavy atom. The summed E-state index contributed by atoms with van der Waals surface area (Å²) in [6, 6.07) is 1.95. The van der Waals surface area contributed by atoms with Gasteiger partial charge in [0.2, 0.25) is 5.95 Å². The monoisotopic (exact) mass is 248 g/mol. The largest absolute Gasteiger partial charge is 0.381 e. The van der Waals surface area contributed by atoms with Gasteiger partial charge in [0.15, 0.2) is 5.65 Å². The van der Waals surface area contributed by atoms with Gasteiger partial charge in [-0.3, -0.25) is 4.57 Å². The second-order valence-corrected chi connectivity index (χ2v) is 4.39. The Morgan fingerprint density at radius 2 is 2.22 bits per heavy atom. The number of hydrogen-bond acceptors (Lipinski definition) is 4. The summed E-state index contributed by atoms with van der Waals surface area (Å²) in [5.41, 5.74) is 8.80. The molecule has 0 saturated heterocycles. The van der Waals surface area contributed by atoms with Crippen molar-refractivity contribution in [3.8, 4) is 0 Å². The molecule has 0 aliphatic heterocycles. The van der Waals surface area contributed by atoms with E-state index in [-0.39, 0.29) is 0 Å². The van der Waals surface area contributed by atoms with Crippen molar-refractivity contribution in [3.05, 3.63) is 17.8 Å². The molecular weight excluding hydrogens is 228 g/mol. The van der Waals surface area contributed by atoms with E-state index in [1.165, 1.54) is 0 Å². The van der Waals surface area contributed by atoms with Crippen molar-refractivity contribution in [3.63, 3.8) is 0 Å². The first-order valence-electron chi connectivity index (χ1n) is 6.39.